The minimum absolute atomic E-state index is 0.100. The van der Waals surface area contributed by atoms with Crippen molar-refractivity contribution in [3.63, 3.8) is 0 Å². The van der Waals surface area contributed by atoms with Crippen molar-refractivity contribution >= 4 is 50.9 Å². The first-order valence-electron chi connectivity index (χ1n) is 10.9. The summed E-state index contributed by atoms with van der Waals surface area (Å²) in [4.78, 5) is 31.5. The largest absolute Gasteiger partial charge is 0.462 e. The van der Waals surface area contributed by atoms with Crippen LogP contribution in [0.25, 0.3) is 10.9 Å². The number of aromatic nitrogens is 1. The molecule has 1 aromatic carbocycles. The molecule has 7 heteroatoms. The van der Waals surface area contributed by atoms with Gasteiger partial charge in [0.2, 0.25) is 5.91 Å². The number of aryl methyl sites for hydroxylation is 2. The summed E-state index contributed by atoms with van der Waals surface area (Å²) >= 11 is 3.08. The Bertz CT molecular complexity index is 1120. The predicted octanol–water partition coefficient (Wildman–Crippen LogP) is 6.10. The van der Waals surface area contributed by atoms with E-state index in [0.717, 1.165) is 52.7 Å². The van der Waals surface area contributed by atoms with Crippen LogP contribution in [0.1, 0.15) is 59.6 Å². The Morgan fingerprint density at radius 1 is 1.23 bits per heavy atom. The van der Waals surface area contributed by atoms with Crippen molar-refractivity contribution in [2.75, 3.05) is 11.9 Å². The molecule has 0 unspecified atom stereocenters. The van der Waals surface area contributed by atoms with E-state index in [0.29, 0.717) is 17.2 Å². The van der Waals surface area contributed by atoms with E-state index in [1.165, 1.54) is 11.3 Å². The van der Waals surface area contributed by atoms with Gasteiger partial charge >= 0.3 is 5.97 Å². The Labute approximate surface area is 191 Å². The zero-order valence-electron chi connectivity index (χ0n) is 18.2. The molecule has 0 aliphatic heterocycles. The van der Waals surface area contributed by atoms with Crippen LogP contribution in [-0.4, -0.2) is 28.7 Å². The standard InChI is InChI=1S/C24H28N2O3S2/c1-4-29-24(28)20-17-11-6-5-7-13-19(17)31-23(20)26-22(27)15(3)30-21-14(2)25-18-12-9-8-10-16(18)21/h8-10,12,15,25H,4-7,11,13H2,1-3H3,(H,26,27)/t15-/m0/s1. The summed E-state index contributed by atoms with van der Waals surface area (Å²) in [7, 11) is 0. The van der Waals surface area contributed by atoms with Crippen molar-refractivity contribution in [2.24, 2.45) is 0 Å². The van der Waals surface area contributed by atoms with Gasteiger partial charge in [0.25, 0.3) is 0 Å². The number of hydrogen-bond donors (Lipinski definition) is 2. The van der Waals surface area contributed by atoms with Crippen LogP contribution in [0.15, 0.2) is 29.2 Å². The number of rotatable bonds is 6. The fourth-order valence-corrected chi connectivity index (χ4v) is 6.43. The normalized spacial score (nSPS) is 14.7. The Hall–Kier alpha value is -2.25. The number of amides is 1. The first-order valence-corrected chi connectivity index (χ1v) is 12.6. The number of anilines is 1. The summed E-state index contributed by atoms with van der Waals surface area (Å²) in [6.45, 7) is 6.07. The number of carbonyl (C=O) groups excluding carboxylic acids is 2. The number of benzene rings is 1. The van der Waals surface area contributed by atoms with Gasteiger partial charge in [-0.1, -0.05) is 24.6 Å². The molecule has 0 saturated heterocycles. The van der Waals surface area contributed by atoms with Gasteiger partial charge in [-0.2, -0.15) is 0 Å². The number of thiophene rings is 1. The highest BCUT2D eigenvalue weighted by Crippen LogP contribution is 2.39. The molecule has 1 aliphatic rings. The minimum Gasteiger partial charge on any atom is -0.462 e. The Morgan fingerprint density at radius 2 is 2.00 bits per heavy atom. The number of fused-ring (bicyclic) bond motifs is 2. The van der Waals surface area contributed by atoms with Crippen LogP contribution < -0.4 is 5.32 Å². The molecule has 1 amide bonds. The summed E-state index contributed by atoms with van der Waals surface area (Å²) in [5.74, 6) is -0.429. The van der Waals surface area contributed by atoms with Gasteiger partial charge in [0.1, 0.15) is 5.00 Å². The van der Waals surface area contributed by atoms with Gasteiger partial charge < -0.3 is 15.0 Å². The summed E-state index contributed by atoms with van der Waals surface area (Å²) < 4.78 is 5.33. The highest BCUT2D eigenvalue weighted by atomic mass is 32.2. The highest BCUT2D eigenvalue weighted by Gasteiger charge is 2.28. The van der Waals surface area contributed by atoms with Crippen LogP contribution in [0.2, 0.25) is 0 Å². The molecule has 1 atom stereocenters. The third-order valence-electron chi connectivity index (χ3n) is 5.64. The highest BCUT2D eigenvalue weighted by molar-refractivity contribution is 8.00. The van der Waals surface area contributed by atoms with Crippen molar-refractivity contribution in [1.29, 1.82) is 0 Å². The summed E-state index contributed by atoms with van der Waals surface area (Å²) in [6.07, 6.45) is 5.18. The first-order chi connectivity index (χ1) is 15.0. The predicted molar refractivity (Wildman–Crippen MR) is 129 cm³/mol. The zero-order chi connectivity index (χ0) is 22.0. The molecule has 1 aliphatic carbocycles. The smallest absolute Gasteiger partial charge is 0.341 e. The van der Waals surface area contributed by atoms with Crippen LogP contribution in [-0.2, 0) is 22.4 Å². The van der Waals surface area contributed by atoms with E-state index in [4.69, 9.17) is 4.74 Å². The van der Waals surface area contributed by atoms with E-state index in [-0.39, 0.29) is 17.1 Å². The molecule has 2 N–H and O–H groups in total. The summed E-state index contributed by atoms with van der Waals surface area (Å²) in [5, 5.41) is 4.51. The lowest BCUT2D eigenvalue weighted by molar-refractivity contribution is -0.115. The van der Waals surface area contributed by atoms with E-state index >= 15 is 0 Å². The van der Waals surface area contributed by atoms with Crippen molar-refractivity contribution < 1.29 is 14.3 Å². The van der Waals surface area contributed by atoms with Crippen molar-refractivity contribution in [3.8, 4) is 0 Å². The van der Waals surface area contributed by atoms with E-state index in [2.05, 4.69) is 16.4 Å². The minimum atomic E-state index is -0.329. The number of para-hydroxylation sites is 1. The maximum atomic E-state index is 13.1. The lowest BCUT2D eigenvalue weighted by Crippen LogP contribution is -2.23. The molecule has 0 radical (unpaired) electrons. The molecule has 164 valence electrons. The number of carbonyl (C=O) groups is 2. The molecule has 31 heavy (non-hydrogen) atoms. The van der Waals surface area contributed by atoms with Gasteiger partial charge in [-0.05, 0) is 58.1 Å². The molecule has 3 aromatic rings. The zero-order valence-corrected chi connectivity index (χ0v) is 19.8. The third-order valence-corrected chi connectivity index (χ3v) is 8.17. The number of esters is 1. The second kappa shape index (κ2) is 9.49. The molecule has 4 rings (SSSR count). The average Bonchev–Trinajstić information content (AvgIpc) is 3.14. The maximum absolute atomic E-state index is 13.1. The maximum Gasteiger partial charge on any atom is 0.341 e. The Morgan fingerprint density at radius 3 is 2.81 bits per heavy atom. The molecule has 5 nitrogen and oxygen atoms in total. The van der Waals surface area contributed by atoms with Crippen LogP contribution >= 0.6 is 23.1 Å². The molecule has 2 aromatic heterocycles. The van der Waals surface area contributed by atoms with E-state index < -0.39 is 0 Å². The van der Waals surface area contributed by atoms with E-state index in [1.54, 1.807) is 23.1 Å². The quantitative estimate of drug-likeness (QED) is 0.267. The number of ether oxygens (including phenoxy) is 1. The third kappa shape index (κ3) is 4.53. The first kappa shape index (κ1) is 22.0. The van der Waals surface area contributed by atoms with Crippen molar-refractivity contribution in [1.82, 2.24) is 4.98 Å². The van der Waals surface area contributed by atoms with E-state index in [9.17, 15) is 9.59 Å². The van der Waals surface area contributed by atoms with Gasteiger partial charge in [0.15, 0.2) is 0 Å². The number of nitrogens with one attached hydrogen (secondary N) is 2. The Balaban J connectivity index is 1.57. The number of aromatic amines is 1. The van der Waals surface area contributed by atoms with Gasteiger partial charge in [0, 0.05) is 26.4 Å². The van der Waals surface area contributed by atoms with Crippen molar-refractivity contribution in [2.45, 2.75) is 63.0 Å². The SMILES string of the molecule is CCOC(=O)c1c(NC(=O)[C@H](C)Sc2c(C)[nH]c3ccccc23)sc2c1CCCCC2. The van der Waals surface area contributed by atoms with Gasteiger partial charge in [-0.15, -0.1) is 23.1 Å². The molecule has 2 heterocycles. The molecular formula is C24H28N2O3S2. The van der Waals surface area contributed by atoms with Crippen LogP contribution in [0, 0.1) is 6.92 Å². The molecule has 0 spiro atoms. The molecular weight excluding hydrogens is 428 g/mol. The number of thioether (sulfide) groups is 1. The van der Waals surface area contributed by atoms with Gasteiger partial charge in [-0.25, -0.2) is 4.79 Å². The monoisotopic (exact) mass is 456 g/mol. The average molecular weight is 457 g/mol. The topological polar surface area (TPSA) is 71.2 Å². The molecule has 0 saturated carbocycles. The van der Waals surface area contributed by atoms with Crippen LogP contribution in [0.3, 0.4) is 0 Å². The summed E-state index contributed by atoms with van der Waals surface area (Å²) in [6, 6.07) is 8.12. The van der Waals surface area contributed by atoms with E-state index in [1.807, 2.05) is 39.0 Å². The lowest BCUT2D eigenvalue weighted by atomic mass is 10.1. The molecule has 0 fully saturated rings. The van der Waals surface area contributed by atoms with Crippen molar-refractivity contribution in [3.05, 3.63) is 46.0 Å². The fraction of sp³-hybridized carbons (Fsp3) is 0.417. The van der Waals surface area contributed by atoms with Gasteiger partial charge in [0.05, 0.1) is 17.4 Å². The number of hydrogen-bond acceptors (Lipinski definition) is 5. The Kier molecular flexibility index (Phi) is 6.72. The summed E-state index contributed by atoms with van der Waals surface area (Å²) in [5.41, 5.74) is 3.77. The van der Waals surface area contributed by atoms with Gasteiger partial charge in [-0.3, -0.25) is 4.79 Å². The fourth-order valence-electron chi connectivity index (χ4n) is 4.10. The second-order valence-electron chi connectivity index (χ2n) is 7.86. The van der Waals surface area contributed by atoms with Crippen LogP contribution in [0.5, 0.6) is 0 Å². The van der Waals surface area contributed by atoms with Crippen LogP contribution in [0.4, 0.5) is 5.00 Å². The second-order valence-corrected chi connectivity index (χ2v) is 10.3. The number of H-pyrrole nitrogens is 1. The molecule has 0 bridgehead atoms. The lowest BCUT2D eigenvalue weighted by Gasteiger charge is -2.13.